The average Bonchev–Trinajstić information content (AvgIpc) is 3.43. The summed E-state index contributed by atoms with van der Waals surface area (Å²) in [6.07, 6.45) is 2.51. The number of fused-ring (bicyclic) bond motifs is 2. The maximum Gasteiger partial charge on any atom is 0.240 e. The van der Waals surface area contributed by atoms with Gasteiger partial charge < -0.3 is 9.32 Å². The number of para-hydroxylation sites is 2. The predicted molar refractivity (Wildman–Crippen MR) is 115 cm³/mol. The van der Waals surface area contributed by atoms with E-state index in [4.69, 9.17) is 9.40 Å². The van der Waals surface area contributed by atoms with Gasteiger partial charge in [-0.15, -0.1) is 0 Å². The van der Waals surface area contributed by atoms with Crippen LogP contribution in [-0.4, -0.2) is 27.7 Å². The summed E-state index contributed by atoms with van der Waals surface area (Å²) in [5.74, 6) is 1.25. The normalized spacial score (nSPS) is 14.2. The summed E-state index contributed by atoms with van der Waals surface area (Å²) < 4.78 is 5.49. The molecule has 6 heteroatoms. The molecule has 0 spiro atoms. The van der Waals surface area contributed by atoms with E-state index in [1.165, 1.54) is 17.3 Å². The minimum absolute atomic E-state index is 0.0993. The van der Waals surface area contributed by atoms with Gasteiger partial charge in [-0.2, -0.15) is 0 Å². The molecule has 5 rings (SSSR count). The molecular weight excluding hydrogens is 382 g/mol. The Balaban J connectivity index is 1.47. The van der Waals surface area contributed by atoms with Gasteiger partial charge in [-0.25, -0.2) is 9.97 Å². The fraction of sp³-hybridized carbons (Fsp3) is 0.174. The van der Waals surface area contributed by atoms with E-state index in [0.717, 1.165) is 34.6 Å². The molecule has 1 amide bonds. The summed E-state index contributed by atoms with van der Waals surface area (Å²) in [7, 11) is 0. The van der Waals surface area contributed by atoms with Crippen LogP contribution in [0.5, 0.6) is 0 Å². The van der Waals surface area contributed by atoms with Crippen LogP contribution in [0.3, 0.4) is 0 Å². The van der Waals surface area contributed by atoms with Crippen molar-refractivity contribution in [1.29, 1.82) is 0 Å². The van der Waals surface area contributed by atoms with E-state index in [2.05, 4.69) is 11.1 Å². The fourth-order valence-corrected chi connectivity index (χ4v) is 4.66. The number of carbonyl (C=O) groups is 1. The number of hydrogen-bond donors (Lipinski definition) is 0. The lowest BCUT2D eigenvalue weighted by atomic mass is 10.2. The number of furan rings is 1. The van der Waals surface area contributed by atoms with Crippen LogP contribution in [0.2, 0.25) is 0 Å². The number of thioether (sulfide) groups is 1. The summed E-state index contributed by atoms with van der Waals surface area (Å²) in [6.45, 7) is 2.67. The van der Waals surface area contributed by atoms with Crippen molar-refractivity contribution in [3.8, 4) is 11.6 Å². The van der Waals surface area contributed by atoms with Gasteiger partial charge in [-0.05, 0) is 43.2 Å². The van der Waals surface area contributed by atoms with Crippen LogP contribution in [0.15, 0.2) is 76.4 Å². The number of carbonyl (C=O) groups excluding carboxylic acids is 1. The quantitative estimate of drug-likeness (QED) is 0.357. The van der Waals surface area contributed by atoms with Gasteiger partial charge in [0, 0.05) is 17.6 Å². The summed E-state index contributed by atoms with van der Waals surface area (Å²) in [5.41, 5.74) is 3.09. The topological polar surface area (TPSA) is 59.2 Å². The van der Waals surface area contributed by atoms with Gasteiger partial charge in [-0.3, -0.25) is 4.79 Å². The molecule has 144 valence electrons. The van der Waals surface area contributed by atoms with E-state index in [1.54, 1.807) is 6.26 Å². The van der Waals surface area contributed by atoms with Crippen LogP contribution in [0.4, 0.5) is 5.69 Å². The maximum absolute atomic E-state index is 13.2. The van der Waals surface area contributed by atoms with Gasteiger partial charge in [0.05, 0.1) is 17.0 Å². The Morgan fingerprint density at radius 3 is 2.76 bits per heavy atom. The maximum atomic E-state index is 13.2. The summed E-state index contributed by atoms with van der Waals surface area (Å²) in [5, 5.41) is 1.45. The molecule has 0 saturated carbocycles. The van der Waals surface area contributed by atoms with Crippen molar-refractivity contribution < 1.29 is 9.21 Å². The van der Waals surface area contributed by atoms with Gasteiger partial charge in [0.1, 0.15) is 5.03 Å². The Kier molecular flexibility index (Phi) is 4.56. The van der Waals surface area contributed by atoms with Crippen molar-refractivity contribution in [2.75, 3.05) is 11.4 Å². The molecule has 5 nitrogen and oxygen atoms in total. The monoisotopic (exact) mass is 401 g/mol. The van der Waals surface area contributed by atoms with Crippen LogP contribution in [-0.2, 0) is 11.2 Å². The molecule has 4 aromatic rings. The third-order valence-electron chi connectivity index (χ3n) is 5.10. The molecule has 3 heterocycles. The molecule has 0 bridgehead atoms. The Morgan fingerprint density at radius 2 is 1.90 bits per heavy atom. The second-order valence-corrected chi connectivity index (χ2v) is 8.30. The molecule has 1 atom stereocenters. The summed E-state index contributed by atoms with van der Waals surface area (Å²) in [6, 6.07) is 19.6. The predicted octanol–water partition coefficient (Wildman–Crippen LogP) is 4.96. The highest BCUT2D eigenvalue weighted by Crippen LogP contribution is 2.34. The van der Waals surface area contributed by atoms with E-state index >= 15 is 0 Å². The first-order valence-electron chi connectivity index (χ1n) is 9.57. The zero-order valence-corrected chi connectivity index (χ0v) is 16.7. The largest absolute Gasteiger partial charge is 0.461 e. The van der Waals surface area contributed by atoms with Gasteiger partial charge in [0.25, 0.3) is 0 Å². The molecule has 29 heavy (non-hydrogen) atoms. The smallest absolute Gasteiger partial charge is 0.240 e. The highest BCUT2D eigenvalue weighted by atomic mass is 32.2. The van der Waals surface area contributed by atoms with Crippen molar-refractivity contribution in [3.63, 3.8) is 0 Å². The Bertz CT molecular complexity index is 1190. The van der Waals surface area contributed by atoms with Crippen LogP contribution in [0, 0.1) is 0 Å². The number of hydrogen-bond acceptors (Lipinski definition) is 5. The lowest BCUT2D eigenvalue weighted by Crippen LogP contribution is -2.35. The third kappa shape index (κ3) is 3.29. The Hall–Kier alpha value is -3.12. The van der Waals surface area contributed by atoms with Gasteiger partial charge in [0.15, 0.2) is 11.6 Å². The lowest BCUT2D eigenvalue weighted by molar-refractivity contribution is -0.117. The number of amides is 1. The first-order chi connectivity index (χ1) is 14.2. The van der Waals surface area contributed by atoms with Crippen molar-refractivity contribution >= 4 is 34.3 Å². The summed E-state index contributed by atoms with van der Waals surface area (Å²) >= 11 is 1.47. The average molecular weight is 401 g/mol. The number of anilines is 1. The number of rotatable bonds is 4. The number of nitrogens with zero attached hydrogens (tertiary/aromatic N) is 3. The Labute approximate surface area is 172 Å². The zero-order valence-electron chi connectivity index (χ0n) is 15.9. The first-order valence-corrected chi connectivity index (χ1v) is 10.5. The minimum Gasteiger partial charge on any atom is -0.461 e. The molecule has 0 unspecified atom stereocenters. The molecule has 0 saturated heterocycles. The van der Waals surface area contributed by atoms with Crippen molar-refractivity contribution in [1.82, 2.24) is 9.97 Å². The van der Waals surface area contributed by atoms with E-state index < -0.39 is 0 Å². The Morgan fingerprint density at radius 1 is 1.07 bits per heavy atom. The number of aromatic nitrogens is 2. The standard InChI is InChI=1S/C23H19N3O2S/c1-15(23(27)26-13-12-16-7-2-5-10-19(16)26)29-22-17-8-3-4-9-18(17)24-21(25-22)20-11-6-14-28-20/h2-11,14-15H,12-13H2,1H3/t15-/m0/s1. The third-order valence-corrected chi connectivity index (χ3v) is 6.19. The molecule has 0 radical (unpaired) electrons. The lowest BCUT2D eigenvalue weighted by Gasteiger charge is -2.21. The van der Waals surface area contributed by atoms with Crippen LogP contribution in [0.1, 0.15) is 12.5 Å². The van der Waals surface area contributed by atoms with Crippen molar-refractivity contribution in [3.05, 3.63) is 72.5 Å². The van der Waals surface area contributed by atoms with Crippen LogP contribution >= 0.6 is 11.8 Å². The second-order valence-electron chi connectivity index (χ2n) is 6.98. The van der Waals surface area contributed by atoms with Gasteiger partial charge >= 0.3 is 0 Å². The van der Waals surface area contributed by atoms with Crippen molar-refractivity contribution in [2.24, 2.45) is 0 Å². The van der Waals surface area contributed by atoms with E-state index in [1.807, 2.05) is 66.4 Å². The van der Waals surface area contributed by atoms with Crippen molar-refractivity contribution in [2.45, 2.75) is 23.6 Å². The van der Waals surface area contributed by atoms with Gasteiger partial charge in [-0.1, -0.05) is 48.2 Å². The molecule has 1 aliphatic rings. The molecule has 1 aliphatic heterocycles. The van der Waals surface area contributed by atoms with Crippen LogP contribution in [0.25, 0.3) is 22.5 Å². The number of benzene rings is 2. The minimum atomic E-state index is -0.274. The van der Waals surface area contributed by atoms with E-state index in [-0.39, 0.29) is 11.2 Å². The van der Waals surface area contributed by atoms with Crippen LogP contribution < -0.4 is 4.90 Å². The summed E-state index contributed by atoms with van der Waals surface area (Å²) in [4.78, 5) is 24.4. The van der Waals surface area contributed by atoms with E-state index in [0.29, 0.717) is 11.6 Å². The molecule has 2 aromatic carbocycles. The molecule has 0 N–H and O–H groups in total. The fourth-order valence-electron chi connectivity index (χ4n) is 3.66. The first kappa shape index (κ1) is 17.9. The molecule has 0 aliphatic carbocycles. The molecule has 0 fully saturated rings. The highest BCUT2D eigenvalue weighted by molar-refractivity contribution is 8.00. The molecule has 2 aromatic heterocycles. The highest BCUT2D eigenvalue weighted by Gasteiger charge is 2.29. The molecular formula is C23H19N3O2S. The zero-order chi connectivity index (χ0) is 19.8. The van der Waals surface area contributed by atoms with Gasteiger partial charge in [0.2, 0.25) is 5.91 Å². The second kappa shape index (κ2) is 7.37. The van der Waals surface area contributed by atoms with E-state index in [9.17, 15) is 4.79 Å². The SMILES string of the molecule is C[C@H](Sc1nc(-c2ccco2)nc2ccccc12)C(=O)N1CCc2ccccc21.